The zero-order valence-electron chi connectivity index (χ0n) is 10.00. The van der Waals surface area contributed by atoms with Crippen molar-refractivity contribution in [2.24, 2.45) is 0 Å². The Morgan fingerprint density at radius 1 is 0.889 bits per heavy atom. The minimum Gasteiger partial charge on any atom is -0.497 e. The van der Waals surface area contributed by atoms with Crippen molar-refractivity contribution in [3.63, 3.8) is 0 Å². The van der Waals surface area contributed by atoms with Gasteiger partial charge in [0.2, 0.25) is 0 Å². The Bertz CT molecular complexity index is 677. The topological polar surface area (TPSA) is 35.0 Å². The van der Waals surface area contributed by atoms with Gasteiger partial charge in [-0.2, -0.15) is 0 Å². The first kappa shape index (κ1) is 10.7. The molecule has 3 nitrogen and oxygen atoms in total. The molecule has 3 aromatic rings. The third-order valence-electron chi connectivity index (χ3n) is 2.88. The van der Waals surface area contributed by atoms with Gasteiger partial charge in [-0.3, -0.25) is 0 Å². The predicted molar refractivity (Wildman–Crippen MR) is 71.5 cm³/mol. The van der Waals surface area contributed by atoms with E-state index in [2.05, 4.69) is 10.2 Å². The molecule has 1 aromatic heterocycles. The molecule has 2 aromatic carbocycles. The molecule has 3 heteroatoms. The van der Waals surface area contributed by atoms with Crippen molar-refractivity contribution in [3.05, 3.63) is 54.6 Å². The lowest BCUT2D eigenvalue weighted by Crippen LogP contribution is -1.89. The molecule has 0 fully saturated rings. The Kier molecular flexibility index (Phi) is 2.65. The van der Waals surface area contributed by atoms with Gasteiger partial charge in [0, 0.05) is 10.9 Å². The summed E-state index contributed by atoms with van der Waals surface area (Å²) >= 11 is 0. The van der Waals surface area contributed by atoms with E-state index >= 15 is 0 Å². The second-order valence-corrected chi connectivity index (χ2v) is 4.02. The van der Waals surface area contributed by atoms with E-state index in [4.69, 9.17) is 4.74 Å². The van der Waals surface area contributed by atoms with Crippen LogP contribution in [-0.4, -0.2) is 17.3 Å². The van der Waals surface area contributed by atoms with Crippen molar-refractivity contribution >= 4 is 10.9 Å². The van der Waals surface area contributed by atoms with Crippen LogP contribution in [0.3, 0.4) is 0 Å². The largest absolute Gasteiger partial charge is 0.497 e. The summed E-state index contributed by atoms with van der Waals surface area (Å²) in [6.07, 6.45) is 0. The summed E-state index contributed by atoms with van der Waals surface area (Å²) in [6.45, 7) is 0. The van der Waals surface area contributed by atoms with Crippen LogP contribution in [-0.2, 0) is 0 Å². The summed E-state index contributed by atoms with van der Waals surface area (Å²) in [6, 6.07) is 17.8. The van der Waals surface area contributed by atoms with Crippen LogP contribution in [0.1, 0.15) is 0 Å². The molecule has 0 bridgehead atoms. The molecule has 0 amide bonds. The fourth-order valence-electron chi connectivity index (χ4n) is 1.89. The van der Waals surface area contributed by atoms with E-state index in [-0.39, 0.29) is 0 Å². The molecule has 0 saturated heterocycles. The fraction of sp³-hybridized carbons (Fsp3) is 0.0667. The number of rotatable bonds is 2. The van der Waals surface area contributed by atoms with Crippen LogP contribution >= 0.6 is 0 Å². The summed E-state index contributed by atoms with van der Waals surface area (Å²) in [5.41, 5.74) is 2.82. The van der Waals surface area contributed by atoms with Gasteiger partial charge < -0.3 is 4.74 Å². The molecular formula is C15H12N2O. The molecule has 0 radical (unpaired) electrons. The standard InChI is InChI=1S/C15H12N2O/c1-18-13-8-6-11(7-9-13)15-10-12-4-2-3-5-14(12)16-17-15/h2-10H,1H3. The van der Waals surface area contributed by atoms with Gasteiger partial charge in [0.1, 0.15) is 5.75 Å². The van der Waals surface area contributed by atoms with Crippen molar-refractivity contribution in [2.45, 2.75) is 0 Å². The highest BCUT2D eigenvalue weighted by atomic mass is 16.5. The van der Waals surface area contributed by atoms with Crippen LogP contribution in [0.15, 0.2) is 54.6 Å². The highest BCUT2D eigenvalue weighted by molar-refractivity contribution is 5.81. The van der Waals surface area contributed by atoms with Crippen LogP contribution < -0.4 is 4.74 Å². The summed E-state index contributed by atoms with van der Waals surface area (Å²) in [4.78, 5) is 0. The lowest BCUT2D eigenvalue weighted by Gasteiger charge is -2.03. The van der Waals surface area contributed by atoms with Gasteiger partial charge in [0.15, 0.2) is 0 Å². The molecule has 0 N–H and O–H groups in total. The maximum Gasteiger partial charge on any atom is 0.118 e. The Morgan fingerprint density at radius 3 is 2.44 bits per heavy atom. The number of nitrogens with zero attached hydrogens (tertiary/aromatic N) is 2. The predicted octanol–water partition coefficient (Wildman–Crippen LogP) is 3.31. The van der Waals surface area contributed by atoms with E-state index in [9.17, 15) is 0 Å². The van der Waals surface area contributed by atoms with E-state index in [0.717, 1.165) is 27.9 Å². The molecule has 18 heavy (non-hydrogen) atoms. The summed E-state index contributed by atoms with van der Waals surface area (Å²) in [5, 5.41) is 9.56. The van der Waals surface area contributed by atoms with E-state index in [1.165, 1.54) is 0 Å². The third-order valence-corrected chi connectivity index (χ3v) is 2.88. The van der Waals surface area contributed by atoms with E-state index in [0.29, 0.717) is 0 Å². The second-order valence-electron chi connectivity index (χ2n) is 4.02. The average Bonchev–Trinajstić information content (AvgIpc) is 2.47. The van der Waals surface area contributed by atoms with Gasteiger partial charge in [0.05, 0.1) is 18.3 Å². The van der Waals surface area contributed by atoms with Crippen molar-refractivity contribution in [3.8, 4) is 17.0 Å². The van der Waals surface area contributed by atoms with Crippen molar-refractivity contribution in [1.29, 1.82) is 0 Å². The van der Waals surface area contributed by atoms with Crippen LogP contribution in [0.2, 0.25) is 0 Å². The van der Waals surface area contributed by atoms with Crippen molar-refractivity contribution in [1.82, 2.24) is 10.2 Å². The number of hydrogen-bond acceptors (Lipinski definition) is 3. The Morgan fingerprint density at radius 2 is 1.67 bits per heavy atom. The molecule has 1 heterocycles. The van der Waals surface area contributed by atoms with Crippen molar-refractivity contribution < 1.29 is 4.74 Å². The van der Waals surface area contributed by atoms with Crippen LogP contribution in [0.25, 0.3) is 22.2 Å². The highest BCUT2D eigenvalue weighted by Crippen LogP contribution is 2.22. The zero-order valence-corrected chi connectivity index (χ0v) is 10.00. The monoisotopic (exact) mass is 236 g/mol. The molecule has 3 rings (SSSR count). The first-order chi connectivity index (χ1) is 8.86. The molecule has 0 atom stereocenters. The number of hydrogen-bond donors (Lipinski definition) is 0. The first-order valence-corrected chi connectivity index (χ1v) is 5.74. The summed E-state index contributed by atoms with van der Waals surface area (Å²) in [7, 11) is 1.66. The van der Waals surface area contributed by atoms with E-state index in [1.54, 1.807) is 7.11 Å². The first-order valence-electron chi connectivity index (χ1n) is 5.74. The molecule has 0 unspecified atom stereocenters. The molecule has 88 valence electrons. The van der Waals surface area contributed by atoms with Crippen LogP contribution in [0.5, 0.6) is 5.75 Å². The van der Waals surface area contributed by atoms with E-state index < -0.39 is 0 Å². The molecule has 0 aliphatic carbocycles. The van der Waals surface area contributed by atoms with Crippen molar-refractivity contribution in [2.75, 3.05) is 7.11 Å². The summed E-state index contributed by atoms with van der Waals surface area (Å²) in [5.74, 6) is 0.840. The van der Waals surface area contributed by atoms with Gasteiger partial charge in [-0.15, -0.1) is 10.2 Å². The van der Waals surface area contributed by atoms with Gasteiger partial charge in [-0.1, -0.05) is 18.2 Å². The van der Waals surface area contributed by atoms with E-state index in [1.807, 2.05) is 54.6 Å². The van der Waals surface area contributed by atoms with Gasteiger partial charge in [0.25, 0.3) is 0 Å². The molecule has 0 aliphatic rings. The smallest absolute Gasteiger partial charge is 0.118 e. The lowest BCUT2D eigenvalue weighted by atomic mass is 10.1. The number of fused-ring (bicyclic) bond motifs is 1. The Labute approximate surface area is 105 Å². The minimum atomic E-state index is 0.840. The summed E-state index contributed by atoms with van der Waals surface area (Å²) < 4.78 is 5.14. The highest BCUT2D eigenvalue weighted by Gasteiger charge is 2.02. The van der Waals surface area contributed by atoms with Gasteiger partial charge in [-0.25, -0.2) is 0 Å². The third kappa shape index (κ3) is 1.91. The molecule has 0 aliphatic heterocycles. The maximum atomic E-state index is 5.14. The number of benzene rings is 2. The lowest BCUT2D eigenvalue weighted by molar-refractivity contribution is 0.415. The number of aromatic nitrogens is 2. The number of ether oxygens (including phenoxy) is 1. The molecule has 0 saturated carbocycles. The van der Waals surface area contributed by atoms with Crippen LogP contribution in [0.4, 0.5) is 0 Å². The Balaban J connectivity index is 2.07. The fourth-order valence-corrected chi connectivity index (χ4v) is 1.89. The SMILES string of the molecule is COc1ccc(-c2cc3ccccc3nn2)cc1. The van der Waals surface area contributed by atoms with Gasteiger partial charge in [-0.05, 0) is 36.4 Å². The van der Waals surface area contributed by atoms with Gasteiger partial charge >= 0.3 is 0 Å². The van der Waals surface area contributed by atoms with Crippen LogP contribution in [0, 0.1) is 0 Å². The quantitative estimate of drug-likeness (QED) is 0.684. The second kappa shape index (κ2) is 4.45. The molecular weight excluding hydrogens is 224 g/mol. The molecule has 0 spiro atoms. The maximum absolute atomic E-state index is 5.14. The zero-order chi connectivity index (χ0) is 12.4. The Hall–Kier alpha value is -2.42. The average molecular weight is 236 g/mol. The minimum absolute atomic E-state index is 0.840. The number of methoxy groups -OCH3 is 1. The normalized spacial score (nSPS) is 10.5.